The van der Waals surface area contributed by atoms with Gasteiger partial charge in [-0.05, 0) is 30.0 Å². The Morgan fingerprint density at radius 3 is 2.73 bits per heavy atom. The molecule has 2 aromatic carbocycles. The molecule has 4 rings (SSSR count). The molecule has 4 heteroatoms. The van der Waals surface area contributed by atoms with Crippen molar-refractivity contribution in [1.29, 1.82) is 0 Å². The van der Waals surface area contributed by atoms with Gasteiger partial charge in [0, 0.05) is 16.5 Å². The van der Waals surface area contributed by atoms with E-state index in [4.69, 9.17) is 11.6 Å². The Kier molecular flexibility index (Phi) is 3.12. The van der Waals surface area contributed by atoms with Crippen LogP contribution in [0.1, 0.15) is 33.8 Å². The molecule has 0 saturated carbocycles. The van der Waals surface area contributed by atoms with Gasteiger partial charge < -0.3 is 0 Å². The fourth-order valence-electron chi connectivity index (χ4n) is 3.64. The molecule has 0 amide bonds. The maximum atomic E-state index is 13.1. The molecule has 0 fully saturated rings. The summed E-state index contributed by atoms with van der Waals surface area (Å²) in [6, 6.07) is 15.5. The predicted octanol–water partition coefficient (Wildman–Crippen LogP) is 4.46. The van der Waals surface area contributed by atoms with Gasteiger partial charge in [0.25, 0.3) is 0 Å². The van der Waals surface area contributed by atoms with E-state index in [0.717, 1.165) is 23.1 Å². The molecule has 1 aliphatic carbocycles. The van der Waals surface area contributed by atoms with Crippen LogP contribution in [0.4, 0.5) is 0 Å². The number of Topliss-reactive ketones (excluding diaryl/α,β-unsaturated/α-hetero) is 1. The van der Waals surface area contributed by atoms with Crippen LogP contribution in [0, 0.1) is 0 Å². The molecule has 1 heterocycles. The van der Waals surface area contributed by atoms with E-state index >= 15 is 0 Å². The van der Waals surface area contributed by atoms with Crippen LogP contribution >= 0.6 is 11.6 Å². The third kappa shape index (κ3) is 1.85. The molecule has 0 N–H and O–H groups in total. The molecule has 2 aliphatic rings. The standard InChI is InChI=1S/C18H15ClN2O/c19-16-8-4-3-7-14(16)15-11-20-21-18(15)10-9-12-5-1-2-6-13(12)17(18)22/h1-8,15H,9-11H2. The van der Waals surface area contributed by atoms with Crippen molar-refractivity contribution in [3.63, 3.8) is 0 Å². The summed E-state index contributed by atoms with van der Waals surface area (Å²) in [6.07, 6.45) is 1.55. The van der Waals surface area contributed by atoms with Gasteiger partial charge in [-0.25, -0.2) is 0 Å². The van der Waals surface area contributed by atoms with Crippen molar-refractivity contribution in [2.24, 2.45) is 10.2 Å². The first kappa shape index (κ1) is 13.6. The molecule has 0 radical (unpaired) electrons. The van der Waals surface area contributed by atoms with Crippen molar-refractivity contribution in [2.45, 2.75) is 24.3 Å². The Morgan fingerprint density at radius 1 is 1.09 bits per heavy atom. The lowest BCUT2D eigenvalue weighted by atomic mass is 9.68. The summed E-state index contributed by atoms with van der Waals surface area (Å²) in [7, 11) is 0. The number of carbonyl (C=O) groups is 1. The molecule has 3 nitrogen and oxygen atoms in total. The molecular formula is C18H15ClN2O. The number of ketones is 1. The van der Waals surface area contributed by atoms with Gasteiger partial charge in [0.1, 0.15) is 0 Å². The van der Waals surface area contributed by atoms with Crippen molar-refractivity contribution in [3.8, 4) is 0 Å². The number of hydrogen-bond donors (Lipinski definition) is 0. The monoisotopic (exact) mass is 310 g/mol. The molecule has 1 spiro atoms. The number of rotatable bonds is 1. The Balaban J connectivity index is 1.82. The highest BCUT2D eigenvalue weighted by Gasteiger charge is 2.52. The Hall–Kier alpha value is -2.00. The van der Waals surface area contributed by atoms with Gasteiger partial charge in [-0.15, -0.1) is 0 Å². The SMILES string of the molecule is O=C1c2ccccc2CCC12N=NCC2c1ccccc1Cl. The number of hydrogen-bond acceptors (Lipinski definition) is 3. The minimum absolute atomic E-state index is 0.0675. The zero-order valence-corrected chi connectivity index (χ0v) is 12.8. The molecule has 0 saturated heterocycles. The number of nitrogens with zero attached hydrogens (tertiary/aromatic N) is 2. The Morgan fingerprint density at radius 2 is 1.86 bits per heavy atom. The number of carbonyl (C=O) groups excluding carboxylic acids is 1. The topological polar surface area (TPSA) is 41.8 Å². The van der Waals surface area contributed by atoms with Crippen molar-refractivity contribution in [1.82, 2.24) is 0 Å². The van der Waals surface area contributed by atoms with Gasteiger partial charge in [-0.2, -0.15) is 10.2 Å². The van der Waals surface area contributed by atoms with Gasteiger partial charge in [-0.3, -0.25) is 4.79 Å². The molecule has 2 aromatic rings. The zero-order chi connectivity index (χ0) is 15.2. The Bertz CT molecular complexity index is 786. The fourth-order valence-corrected chi connectivity index (χ4v) is 3.91. The Labute approximate surface area is 134 Å². The van der Waals surface area contributed by atoms with Crippen LogP contribution in [0.5, 0.6) is 0 Å². The molecule has 0 aromatic heterocycles. The summed E-state index contributed by atoms with van der Waals surface area (Å²) < 4.78 is 0. The first-order valence-electron chi connectivity index (χ1n) is 7.48. The van der Waals surface area contributed by atoms with Crippen LogP contribution in [0.3, 0.4) is 0 Å². The second kappa shape index (κ2) is 5.03. The van der Waals surface area contributed by atoms with Gasteiger partial charge in [0.05, 0.1) is 6.54 Å². The van der Waals surface area contributed by atoms with Crippen LogP contribution in [-0.4, -0.2) is 17.9 Å². The smallest absolute Gasteiger partial charge is 0.193 e. The number of azo groups is 1. The van der Waals surface area contributed by atoms with E-state index in [1.165, 1.54) is 0 Å². The van der Waals surface area contributed by atoms with Gasteiger partial charge in [0.2, 0.25) is 0 Å². The summed E-state index contributed by atoms with van der Waals surface area (Å²) in [6.45, 7) is 0.525. The highest BCUT2D eigenvalue weighted by molar-refractivity contribution is 6.31. The first-order chi connectivity index (χ1) is 10.7. The molecule has 22 heavy (non-hydrogen) atoms. The summed E-state index contributed by atoms with van der Waals surface area (Å²) in [5, 5.41) is 9.34. The van der Waals surface area contributed by atoms with Gasteiger partial charge in [0.15, 0.2) is 11.3 Å². The van der Waals surface area contributed by atoms with E-state index in [1.54, 1.807) is 0 Å². The molecule has 2 atom stereocenters. The van der Waals surface area contributed by atoms with E-state index < -0.39 is 5.54 Å². The van der Waals surface area contributed by atoms with E-state index in [2.05, 4.69) is 10.2 Å². The van der Waals surface area contributed by atoms with Crippen molar-refractivity contribution >= 4 is 17.4 Å². The van der Waals surface area contributed by atoms with Crippen molar-refractivity contribution in [3.05, 3.63) is 70.2 Å². The van der Waals surface area contributed by atoms with E-state index in [-0.39, 0.29) is 11.7 Å². The summed E-state index contributed by atoms with van der Waals surface area (Å²) in [4.78, 5) is 13.1. The highest BCUT2D eigenvalue weighted by Crippen LogP contribution is 2.47. The zero-order valence-electron chi connectivity index (χ0n) is 12.0. The third-order valence-corrected chi connectivity index (χ3v) is 5.15. The van der Waals surface area contributed by atoms with Crippen LogP contribution in [0.25, 0.3) is 0 Å². The molecular weight excluding hydrogens is 296 g/mol. The van der Waals surface area contributed by atoms with E-state index in [0.29, 0.717) is 18.0 Å². The number of halogens is 1. The summed E-state index contributed by atoms with van der Waals surface area (Å²) in [5.74, 6) is 0.0163. The largest absolute Gasteiger partial charge is 0.291 e. The fraction of sp³-hybridized carbons (Fsp3) is 0.278. The van der Waals surface area contributed by atoms with E-state index in [1.807, 2.05) is 48.5 Å². The van der Waals surface area contributed by atoms with Gasteiger partial charge >= 0.3 is 0 Å². The lowest BCUT2D eigenvalue weighted by Crippen LogP contribution is -2.44. The average molecular weight is 311 g/mol. The average Bonchev–Trinajstić information content (AvgIpc) is 2.96. The second-order valence-corrected chi connectivity index (χ2v) is 6.32. The lowest BCUT2D eigenvalue weighted by Gasteiger charge is -2.35. The highest BCUT2D eigenvalue weighted by atomic mass is 35.5. The predicted molar refractivity (Wildman–Crippen MR) is 85.7 cm³/mol. The van der Waals surface area contributed by atoms with Crippen LogP contribution < -0.4 is 0 Å². The van der Waals surface area contributed by atoms with Gasteiger partial charge in [-0.1, -0.05) is 54.1 Å². The normalized spacial score (nSPS) is 26.4. The van der Waals surface area contributed by atoms with E-state index in [9.17, 15) is 4.79 Å². The van der Waals surface area contributed by atoms with Crippen LogP contribution in [0.15, 0.2) is 58.8 Å². The van der Waals surface area contributed by atoms with Crippen molar-refractivity contribution < 1.29 is 4.79 Å². The number of benzene rings is 2. The quantitative estimate of drug-likeness (QED) is 0.767. The molecule has 0 bridgehead atoms. The van der Waals surface area contributed by atoms with Crippen molar-refractivity contribution in [2.75, 3.05) is 6.54 Å². The number of aryl methyl sites for hydroxylation is 1. The number of fused-ring (bicyclic) bond motifs is 1. The maximum absolute atomic E-state index is 13.1. The minimum atomic E-state index is -0.778. The third-order valence-electron chi connectivity index (χ3n) is 4.80. The summed E-state index contributed by atoms with van der Waals surface area (Å²) in [5.41, 5.74) is 2.09. The maximum Gasteiger partial charge on any atom is 0.193 e. The van der Waals surface area contributed by atoms with Crippen LogP contribution in [0.2, 0.25) is 5.02 Å². The minimum Gasteiger partial charge on any atom is -0.291 e. The molecule has 1 aliphatic heterocycles. The molecule has 2 unspecified atom stereocenters. The van der Waals surface area contributed by atoms with Crippen LogP contribution in [-0.2, 0) is 6.42 Å². The lowest BCUT2D eigenvalue weighted by molar-refractivity contribution is 0.0853. The first-order valence-corrected chi connectivity index (χ1v) is 7.86. The summed E-state index contributed by atoms with van der Waals surface area (Å²) >= 11 is 6.36. The molecule has 110 valence electrons. The second-order valence-electron chi connectivity index (χ2n) is 5.91.